The highest BCUT2D eigenvalue weighted by Gasteiger charge is 2.17. The van der Waals surface area contributed by atoms with E-state index in [0.717, 1.165) is 25.0 Å². The lowest BCUT2D eigenvalue weighted by Crippen LogP contribution is -2.31. The van der Waals surface area contributed by atoms with Crippen molar-refractivity contribution in [3.05, 3.63) is 72.6 Å². The quantitative estimate of drug-likeness (QED) is 0.708. The summed E-state index contributed by atoms with van der Waals surface area (Å²) in [5.74, 6) is 1.03. The van der Waals surface area contributed by atoms with Gasteiger partial charge in [-0.3, -0.25) is 4.79 Å². The summed E-state index contributed by atoms with van der Waals surface area (Å²) in [6, 6.07) is 18.6. The van der Waals surface area contributed by atoms with Crippen molar-refractivity contribution < 1.29 is 14.3 Å². The molecule has 1 N–H and O–H groups in total. The number of nitrogens with one attached hydrogen (secondary N) is 1. The molecule has 0 spiro atoms. The number of benzene rings is 2. The van der Waals surface area contributed by atoms with Crippen LogP contribution >= 0.6 is 0 Å². The highest BCUT2D eigenvalue weighted by atomic mass is 16.5. The molecular formula is C22H21N3O3. The maximum absolute atomic E-state index is 12.5. The molecule has 6 heteroatoms. The lowest BCUT2D eigenvalue weighted by molar-refractivity contribution is 0.0858. The van der Waals surface area contributed by atoms with E-state index in [2.05, 4.69) is 15.3 Å². The van der Waals surface area contributed by atoms with Crippen molar-refractivity contribution in [3.8, 4) is 22.9 Å². The fraction of sp³-hybridized carbons (Fsp3) is 0.227. The third kappa shape index (κ3) is 4.53. The van der Waals surface area contributed by atoms with Crippen LogP contribution < -0.4 is 10.1 Å². The number of hydrogen-bond donors (Lipinski definition) is 1. The Kier molecular flexibility index (Phi) is 5.58. The first-order valence-corrected chi connectivity index (χ1v) is 9.33. The highest BCUT2D eigenvalue weighted by molar-refractivity contribution is 5.95. The lowest BCUT2D eigenvalue weighted by Gasteiger charge is -2.11. The summed E-state index contributed by atoms with van der Waals surface area (Å²) in [6.45, 7) is 1.31. The van der Waals surface area contributed by atoms with Gasteiger partial charge in [0.05, 0.1) is 11.8 Å². The van der Waals surface area contributed by atoms with Crippen molar-refractivity contribution in [1.29, 1.82) is 0 Å². The minimum Gasteiger partial charge on any atom is -0.439 e. The molecule has 3 aromatic rings. The minimum absolute atomic E-state index is 0.117. The van der Waals surface area contributed by atoms with Gasteiger partial charge < -0.3 is 14.8 Å². The number of rotatable bonds is 6. The van der Waals surface area contributed by atoms with Crippen LogP contribution in [0.25, 0.3) is 11.3 Å². The summed E-state index contributed by atoms with van der Waals surface area (Å²) in [4.78, 5) is 21.0. The van der Waals surface area contributed by atoms with Gasteiger partial charge in [-0.15, -0.1) is 0 Å². The van der Waals surface area contributed by atoms with Crippen LogP contribution in [0.5, 0.6) is 11.6 Å². The average Bonchev–Trinajstić information content (AvgIpc) is 3.27. The number of para-hydroxylation sites is 1. The molecule has 0 aliphatic carbocycles. The topological polar surface area (TPSA) is 73.3 Å². The van der Waals surface area contributed by atoms with Crippen LogP contribution in [0.2, 0.25) is 0 Å². The van der Waals surface area contributed by atoms with E-state index in [1.807, 2.05) is 48.5 Å². The van der Waals surface area contributed by atoms with Gasteiger partial charge in [-0.1, -0.05) is 30.3 Å². The zero-order valence-corrected chi connectivity index (χ0v) is 15.4. The largest absolute Gasteiger partial charge is 0.439 e. The van der Waals surface area contributed by atoms with E-state index in [1.54, 1.807) is 12.1 Å². The molecule has 28 heavy (non-hydrogen) atoms. The summed E-state index contributed by atoms with van der Waals surface area (Å²) in [6.07, 6.45) is 3.62. The van der Waals surface area contributed by atoms with Crippen molar-refractivity contribution in [2.75, 3.05) is 13.2 Å². The molecule has 0 saturated carbocycles. The Morgan fingerprint density at radius 2 is 2.00 bits per heavy atom. The summed E-state index contributed by atoms with van der Waals surface area (Å²) in [5, 5.41) is 2.94. The molecule has 1 aromatic heterocycles. The number of ether oxygens (including phenoxy) is 2. The van der Waals surface area contributed by atoms with Crippen LogP contribution in [0.15, 0.2) is 67.0 Å². The molecule has 2 heterocycles. The van der Waals surface area contributed by atoms with Crippen molar-refractivity contribution in [2.24, 2.45) is 0 Å². The Hall–Kier alpha value is -3.25. The molecule has 0 radical (unpaired) electrons. The Bertz CT molecular complexity index is 941. The van der Waals surface area contributed by atoms with Crippen molar-refractivity contribution >= 4 is 5.91 Å². The normalized spacial score (nSPS) is 15.9. The van der Waals surface area contributed by atoms with Gasteiger partial charge in [0.25, 0.3) is 5.91 Å². The lowest BCUT2D eigenvalue weighted by atomic mass is 10.1. The molecule has 0 bridgehead atoms. The molecule has 2 aromatic carbocycles. The number of nitrogens with zero attached hydrogens (tertiary/aromatic N) is 2. The summed E-state index contributed by atoms with van der Waals surface area (Å²) in [7, 11) is 0. The second-order valence-electron chi connectivity index (χ2n) is 6.58. The molecule has 4 rings (SSSR count). The van der Waals surface area contributed by atoms with Gasteiger partial charge in [0.1, 0.15) is 12.1 Å². The molecule has 1 atom stereocenters. The monoisotopic (exact) mass is 375 g/mol. The second-order valence-corrected chi connectivity index (χ2v) is 6.58. The number of amides is 1. The predicted octanol–water partition coefficient (Wildman–Crippen LogP) is 3.84. The molecule has 1 aliphatic rings. The first kappa shape index (κ1) is 18.1. The third-order valence-electron chi connectivity index (χ3n) is 4.54. The Balaban J connectivity index is 1.47. The van der Waals surface area contributed by atoms with Crippen molar-refractivity contribution in [2.45, 2.75) is 18.9 Å². The van der Waals surface area contributed by atoms with E-state index in [0.29, 0.717) is 29.4 Å². The molecule has 1 fully saturated rings. The van der Waals surface area contributed by atoms with Gasteiger partial charge in [0.2, 0.25) is 5.88 Å². The van der Waals surface area contributed by atoms with Gasteiger partial charge in [-0.05, 0) is 37.1 Å². The maximum Gasteiger partial charge on any atom is 0.251 e. The zero-order chi connectivity index (χ0) is 19.2. The van der Waals surface area contributed by atoms with E-state index in [1.165, 1.54) is 6.33 Å². The molecule has 1 amide bonds. The third-order valence-corrected chi connectivity index (χ3v) is 4.54. The van der Waals surface area contributed by atoms with Crippen LogP contribution in [0, 0.1) is 0 Å². The molecule has 0 unspecified atom stereocenters. The van der Waals surface area contributed by atoms with Crippen LogP contribution in [0.4, 0.5) is 0 Å². The van der Waals surface area contributed by atoms with Crippen LogP contribution in [0.1, 0.15) is 23.2 Å². The number of hydrogen-bond acceptors (Lipinski definition) is 5. The standard InChI is InChI=1S/C22H21N3O3/c26-22(23-14-19-10-5-11-27-19)17-7-4-6-16(12-17)20-13-21(25-15-24-20)28-18-8-2-1-3-9-18/h1-4,6-9,12-13,15,19H,5,10-11,14H2,(H,23,26)/t19-/m1/s1. The van der Waals surface area contributed by atoms with E-state index in [9.17, 15) is 4.79 Å². The van der Waals surface area contributed by atoms with Gasteiger partial charge in [0, 0.05) is 30.3 Å². The van der Waals surface area contributed by atoms with Crippen molar-refractivity contribution in [3.63, 3.8) is 0 Å². The fourth-order valence-corrected chi connectivity index (χ4v) is 3.10. The van der Waals surface area contributed by atoms with E-state index < -0.39 is 0 Å². The number of carbonyl (C=O) groups excluding carboxylic acids is 1. The maximum atomic E-state index is 12.5. The second kappa shape index (κ2) is 8.63. The molecule has 1 aliphatic heterocycles. The van der Waals surface area contributed by atoms with Gasteiger partial charge in [-0.2, -0.15) is 0 Å². The van der Waals surface area contributed by atoms with E-state index >= 15 is 0 Å². The van der Waals surface area contributed by atoms with Gasteiger partial charge in [-0.25, -0.2) is 9.97 Å². The summed E-state index contributed by atoms with van der Waals surface area (Å²) in [5.41, 5.74) is 2.10. The molecule has 6 nitrogen and oxygen atoms in total. The van der Waals surface area contributed by atoms with Crippen LogP contribution in [-0.2, 0) is 4.74 Å². The SMILES string of the molecule is O=C(NC[C@H]1CCCO1)c1cccc(-c2cc(Oc3ccccc3)ncn2)c1. The highest BCUT2D eigenvalue weighted by Crippen LogP contribution is 2.24. The van der Waals surface area contributed by atoms with Crippen LogP contribution in [0.3, 0.4) is 0 Å². The van der Waals surface area contributed by atoms with E-state index in [-0.39, 0.29) is 12.0 Å². The smallest absolute Gasteiger partial charge is 0.251 e. The number of aromatic nitrogens is 2. The minimum atomic E-state index is -0.118. The fourth-order valence-electron chi connectivity index (χ4n) is 3.10. The van der Waals surface area contributed by atoms with E-state index in [4.69, 9.17) is 9.47 Å². The van der Waals surface area contributed by atoms with Crippen LogP contribution in [-0.4, -0.2) is 35.1 Å². The molecular weight excluding hydrogens is 354 g/mol. The Morgan fingerprint density at radius 1 is 1.11 bits per heavy atom. The Morgan fingerprint density at radius 3 is 2.82 bits per heavy atom. The average molecular weight is 375 g/mol. The predicted molar refractivity (Wildman–Crippen MR) is 105 cm³/mol. The zero-order valence-electron chi connectivity index (χ0n) is 15.4. The first-order chi connectivity index (χ1) is 13.8. The van der Waals surface area contributed by atoms with Gasteiger partial charge in [0.15, 0.2) is 0 Å². The van der Waals surface area contributed by atoms with Gasteiger partial charge >= 0.3 is 0 Å². The molecule has 1 saturated heterocycles. The summed E-state index contributed by atoms with van der Waals surface area (Å²) < 4.78 is 11.3. The Labute approximate surface area is 163 Å². The summed E-state index contributed by atoms with van der Waals surface area (Å²) >= 11 is 0. The molecule has 142 valence electrons. The first-order valence-electron chi connectivity index (χ1n) is 9.33. The number of carbonyl (C=O) groups is 1. The van der Waals surface area contributed by atoms with Crippen molar-refractivity contribution in [1.82, 2.24) is 15.3 Å².